The highest BCUT2D eigenvalue weighted by Crippen LogP contribution is 2.15. The van der Waals surface area contributed by atoms with Gasteiger partial charge in [-0.2, -0.15) is 0 Å². The third-order valence-electron chi connectivity index (χ3n) is 3.96. The predicted molar refractivity (Wildman–Crippen MR) is 88.5 cm³/mol. The molecule has 0 spiro atoms. The Kier molecular flexibility index (Phi) is 6.68. The maximum Gasteiger partial charge on any atom is 0.0674 e. The van der Waals surface area contributed by atoms with E-state index in [-0.39, 0.29) is 0 Å². The van der Waals surface area contributed by atoms with Gasteiger partial charge in [0.15, 0.2) is 0 Å². The Balaban J connectivity index is 1.87. The van der Waals surface area contributed by atoms with Crippen molar-refractivity contribution in [2.24, 2.45) is 5.92 Å². The molecule has 0 aromatic heterocycles. The van der Waals surface area contributed by atoms with Crippen LogP contribution in [0.4, 0.5) is 0 Å². The smallest absolute Gasteiger partial charge is 0.0674 e. The van der Waals surface area contributed by atoms with Gasteiger partial charge in [0.2, 0.25) is 0 Å². The molecule has 3 heteroatoms. The van der Waals surface area contributed by atoms with Crippen LogP contribution in [0, 0.1) is 5.92 Å². The Morgan fingerprint density at radius 1 is 1.29 bits per heavy atom. The van der Waals surface area contributed by atoms with Gasteiger partial charge in [-0.15, -0.1) is 0 Å². The van der Waals surface area contributed by atoms with Gasteiger partial charge in [0.05, 0.1) is 12.7 Å². The summed E-state index contributed by atoms with van der Waals surface area (Å²) in [6, 6.07) is 8.86. The van der Waals surface area contributed by atoms with Crippen molar-refractivity contribution in [3.63, 3.8) is 0 Å². The third kappa shape index (κ3) is 5.77. The van der Waals surface area contributed by atoms with E-state index in [1.165, 1.54) is 11.1 Å². The summed E-state index contributed by atoms with van der Waals surface area (Å²) in [5.41, 5.74) is 2.95. The molecule has 1 unspecified atom stereocenters. The molecule has 1 aliphatic heterocycles. The van der Waals surface area contributed by atoms with Crippen LogP contribution in [0.3, 0.4) is 0 Å². The van der Waals surface area contributed by atoms with Gasteiger partial charge in [-0.1, -0.05) is 38.1 Å². The fourth-order valence-electron chi connectivity index (χ4n) is 2.84. The highest BCUT2D eigenvalue weighted by molar-refractivity contribution is 5.27. The average molecular weight is 290 g/mol. The molecule has 1 aromatic rings. The summed E-state index contributed by atoms with van der Waals surface area (Å²) in [5.74, 6) is 0.718. The van der Waals surface area contributed by atoms with Gasteiger partial charge >= 0.3 is 0 Å². The molecule has 1 aliphatic rings. The molecular formula is C18H30N2O. The second kappa shape index (κ2) is 8.52. The maximum absolute atomic E-state index is 5.63. The van der Waals surface area contributed by atoms with Crippen LogP contribution in [0.2, 0.25) is 0 Å². The van der Waals surface area contributed by atoms with Crippen molar-refractivity contribution >= 4 is 0 Å². The Hall–Kier alpha value is -0.900. The zero-order valence-corrected chi connectivity index (χ0v) is 13.8. The molecule has 0 saturated carbocycles. The molecule has 3 nitrogen and oxygen atoms in total. The highest BCUT2D eigenvalue weighted by Gasteiger charge is 2.17. The van der Waals surface area contributed by atoms with Gasteiger partial charge in [0, 0.05) is 19.6 Å². The van der Waals surface area contributed by atoms with Crippen molar-refractivity contribution in [1.29, 1.82) is 0 Å². The van der Waals surface area contributed by atoms with Crippen LogP contribution >= 0.6 is 0 Å². The van der Waals surface area contributed by atoms with Gasteiger partial charge in [-0.05, 0) is 43.5 Å². The van der Waals surface area contributed by atoms with Crippen molar-refractivity contribution in [3.05, 3.63) is 35.4 Å². The third-order valence-corrected chi connectivity index (χ3v) is 3.96. The number of nitrogens with one attached hydrogen (secondary N) is 1. The highest BCUT2D eigenvalue weighted by atomic mass is 16.5. The van der Waals surface area contributed by atoms with Gasteiger partial charge in [-0.3, -0.25) is 4.90 Å². The van der Waals surface area contributed by atoms with E-state index >= 15 is 0 Å². The van der Waals surface area contributed by atoms with Crippen molar-refractivity contribution in [2.75, 3.05) is 32.8 Å². The SMILES string of the molecule is CC(C)CNCCc1ccccc1CN1CCOC(C)C1. The molecule has 1 N–H and O–H groups in total. The molecule has 2 rings (SSSR count). The maximum atomic E-state index is 5.63. The number of benzene rings is 1. The van der Waals surface area contributed by atoms with Crippen LogP contribution in [0.25, 0.3) is 0 Å². The van der Waals surface area contributed by atoms with Gasteiger partial charge < -0.3 is 10.1 Å². The molecule has 0 bridgehead atoms. The van der Waals surface area contributed by atoms with E-state index in [9.17, 15) is 0 Å². The first kappa shape index (κ1) is 16.5. The van der Waals surface area contributed by atoms with E-state index in [1.54, 1.807) is 0 Å². The lowest BCUT2D eigenvalue weighted by Crippen LogP contribution is -2.40. The quantitative estimate of drug-likeness (QED) is 0.782. The molecule has 0 radical (unpaired) electrons. The molecule has 118 valence electrons. The fraction of sp³-hybridized carbons (Fsp3) is 0.667. The summed E-state index contributed by atoms with van der Waals surface area (Å²) < 4.78 is 5.63. The predicted octanol–water partition coefficient (Wildman–Crippen LogP) is 2.70. The monoisotopic (exact) mass is 290 g/mol. The molecule has 21 heavy (non-hydrogen) atoms. The number of ether oxygens (including phenoxy) is 1. The molecule has 1 saturated heterocycles. The first-order chi connectivity index (χ1) is 10.1. The first-order valence-corrected chi connectivity index (χ1v) is 8.26. The lowest BCUT2D eigenvalue weighted by Gasteiger charge is -2.31. The Labute approximate surface area is 129 Å². The van der Waals surface area contributed by atoms with E-state index in [0.717, 1.165) is 51.7 Å². The molecule has 1 atom stereocenters. The lowest BCUT2D eigenvalue weighted by atomic mass is 10.0. The van der Waals surface area contributed by atoms with Crippen LogP contribution in [0.1, 0.15) is 31.9 Å². The summed E-state index contributed by atoms with van der Waals surface area (Å²) in [6.07, 6.45) is 1.47. The molecular weight excluding hydrogens is 260 g/mol. The van der Waals surface area contributed by atoms with Crippen LogP contribution in [0.15, 0.2) is 24.3 Å². The molecule has 0 amide bonds. The average Bonchev–Trinajstić information content (AvgIpc) is 2.45. The van der Waals surface area contributed by atoms with E-state index in [2.05, 4.69) is 55.3 Å². The second-order valence-electron chi connectivity index (χ2n) is 6.53. The van der Waals surface area contributed by atoms with Gasteiger partial charge in [-0.25, -0.2) is 0 Å². The Morgan fingerprint density at radius 2 is 2.05 bits per heavy atom. The summed E-state index contributed by atoms with van der Waals surface area (Å²) in [5, 5.41) is 3.54. The Bertz CT molecular complexity index is 419. The van der Waals surface area contributed by atoms with E-state index in [1.807, 2.05) is 0 Å². The number of hydrogen-bond acceptors (Lipinski definition) is 3. The molecule has 1 aromatic carbocycles. The minimum absolute atomic E-state index is 0.360. The topological polar surface area (TPSA) is 24.5 Å². The zero-order valence-electron chi connectivity index (χ0n) is 13.8. The molecule has 0 aliphatic carbocycles. The van der Waals surface area contributed by atoms with E-state index in [4.69, 9.17) is 4.74 Å². The Morgan fingerprint density at radius 3 is 2.76 bits per heavy atom. The number of nitrogens with zero attached hydrogens (tertiary/aromatic N) is 1. The fourth-order valence-corrected chi connectivity index (χ4v) is 2.84. The largest absolute Gasteiger partial charge is 0.376 e. The van der Waals surface area contributed by atoms with Crippen LogP contribution in [-0.2, 0) is 17.7 Å². The molecule has 1 fully saturated rings. The lowest BCUT2D eigenvalue weighted by molar-refractivity contribution is -0.0212. The summed E-state index contributed by atoms with van der Waals surface area (Å²) in [7, 11) is 0. The number of rotatable bonds is 7. The molecule has 1 heterocycles. The number of morpholine rings is 1. The van der Waals surface area contributed by atoms with Crippen molar-refractivity contribution in [1.82, 2.24) is 10.2 Å². The van der Waals surface area contributed by atoms with Crippen LogP contribution in [0.5, 0.6) is 0 Å². The van der Waals surface area contributed by atoms with Crippen molar-refractivity contribution in [3.8, 4) is 0 Å². The summed E-state index contributed by atoms with van der Waals surface area (Å²) in [6.45, 7) is 12.8. The van der Waals surface area contributed by atoms with E-state index < -0.39 is 0 Å². The minimum Gasteiger partial charge on any atom is -0.376 e. The first-order valence-electron chi connectivity index (χ1n) is 8.26. The van der Waals surface area contributed by atoms with Crippen molar-refractivity contribution in [2.45, 2.75) is 39.8 Å². The normalized spacial score (nSPS) is 20.1. The summed E-state index contributed by atoms with van der Waals surface area (Å²) >= 11 is 0. The van der Waals surface area contributed by atoms with Gasteiger partial charge in [0.1, 0.15) is 0 Å². The van der Waals surface area contributed by atoms with E-state index in [0.29, 0.717) is 6.10 Å². The zero-order chi connectivity index (χ0) is 15.1. The second-order valence-corrected chi connectivity index (χ2v) is 6.53. The summed E-state index contributed by atoms with van der Waals surface area (Å²) in [4.78, 5) is 2.51. The number of hydrogen-bond donors (Lipinski definition) is 1. The van der Waals surface area contributed by atoms with Crippen LogP contribution in [-0.4, -0.2) is 43.8 Å². The minimum atomic E-state index is 0.360. The standard InChI is InChI=1S/C18H30N2O/c1-15(2)12-19-9-8-17-6-4-5-7-18(17)14-20-10-11-21-16(3)13-20/h4-7,15-16,19H,8-14H2,1-3H3. The van der Waals surface area contributed by atoms with Crippen molar-refractivity contribution < 1.29 is 4.74 Å². The van der Waals surface area contributed by atoms with Gasteiger partial charge in [0.25, 0.3) is 0 Å². The van der Waals surface area contributed by atoms with Crippen LogP contribution < -0.4 is 5.32 Å².